The summed E-state index contributed by atoms with van der Waals surface area (Å²) >= 11 is 0. The molecule has 2 rings (SSSR count). The maximum absolute atomic E-state index is 11.8. The van der Waals surface area contributed by atoms with Gasteiger partial charge in [0.15, 0.2) is 11.5 Å². The smallest absolute Gasteiger partial charge is 0.273 e. The molecule has 0 atom stereocenters. The number of amides is 1. The summed E-state index contributed by atoms with van der Waals surface area (Å²) in [6, 6.07) is 7.47. The second-order valence-corrected chi connectivity index (χ2v) is 3.52. The monoisotopic (exact) mass is 230 g/mol. The van der Waals surface area contributed by atoms with Crippen LogP contribution in [0.3, 0.4) is 0 Å². The number of anilines is 1. The number of carbonyl (C=O) groups excluding carboxylic acids is 1. The highest BCUT2D eigenvalue weighted by Crippen LogP contribution is 2.16. The van der Waals surface area contributed by atoms with Gasteiger partial charge in [-0.1, -0.05) is 12.1 Å². The normalized spacial score (nSPS) is 10.2. The molecular weight excluding hydrogens is 216 g/mol. The molecule has 0 aliphatic rings. The second kappa shape index (κ2) is 4.78. The van der Waals surface area contributed by atoms with Gasteiger partial charge in [-0.25, -0.2) is 9.97 Å². The van der Waals surface area contributed by atoms with Crippen molar-refractivity contribution in [2.24, 2.45) is 0 Å². The lowest BCUT2D eigenvalue weighted by atomic mass is 10.2. The van der Waals surface area contributed by atoms with E-state index in [1.807, 2.05) is 31.2 Å². The van der Waals surface area contributed by atoms with Crippen molar-refractivity contribution in [2.75, 3.05) is 18.9 Å². The van der Waals surface area contributed by atoms with Gasteiger partial charge in [0.2, 0.25) is 0 Å². The summed E-state index contributed by atoms with van der Waals surface area (Å²) in [4.78, 5) is 20.5. The van der Waals surface area contributed by atoms with Gasteiger partial charge in [-0.2, -0.15) is 0 Å². The summed E-state index contributed by atoms with van der Waals surface area (Å²) in [5.41, 5.74) is 1.81. The fourth-order valence-corrected chi connectivity index (χ4v) is 1.58. The Morgan fingerprint density at radius 3 is 2.47 bits per heavy atom. The SMILES string of the molecule is CCNC(=O)c1nc2ccccc2nc1NC. The first-order chi connectivity index (χ1) is 8.26. The van der Waals surface area contributed by atoms with Crippen LogP contribution in [0.2, 0.25) is 0 Å². The molecule has 5 nitrogen and oxygen atoms in total. The minimum atomic E-state index is -0.213. The van der Waals surface area contributed by atoms with Gasteiger partial charge in [-0.15, -0.1) is 0 Å². The first-order valence-electron chi connectivity index (χ1n) is 5.49. The van der Waals surface area contributed by atoms with Gasteiger partial charge < -0.3 is 10.6 Å². The van der Waals surface area contributed by atoms with Crippen molar-refractivity contribution in [2.45, 2.75) is 6.92 Å². The van der Waals surface area contributed by atoms with Crippen LogP contribution < -0.4 is 10.6 Å². The van der Waals surface area contributed by atoms with Crippen LogP contribution in [-0.4, -0.2) is 29.5 Å². The van der Waals surface area contributed by atoms with Crippen molar-refractivity contribution in [1.29, 1.82) is 0 Å². The number of aromatic nitrogens is 2. The highest BCUT2D eigenvalue weighted by molar-refractivity contribution is 5.98. The van der Waals surface area contributed by atoms with E-state index in [4.69, 9.17) is 0 Å². The molecule has 0 bridgehead atoms. The van der Waals surface area contributed by atoms with Gasteiger partial charge >= 0.3 is 0 Å². The Morgan fingerprint density at radius 1 is 1.24 bits per heavy atom. The maximum Gasteiger partial charge on any atom is 0.273 e. The lowest BCUT2D eigenvalue weighted by Gasteiger charge is -2.08. The van der Waals surface area contributed by atoms with E-state index < -0.39 is 0 Å². The third-order valence-corrected chi connectivity index (χ3v) is 2.36. The maximum atomic E-state index is 11.8. The summed E-state index contributed by atoms with van der Waals surface area (Å²) < 4.78 is 0. The fourth-order valence-electron chi connectivity index (χ4n) is 1.58. The van der Waals surface area contributed by atoms with Gasteiger partial charge in [0, 0.05) is 13.6 Å². The molecule has 2 N–H and O–H groups in total. The molecule has 1 amide bonds. The van der Waals surface area contributed by atoms with Gasteiger partial charge in [-0.05, 0) is 19.1 Å². The van der Waals surface area contributed by atoms with Crippen molar-refractivity contribution < 1.29 is 4.79 Å². The van der Waals surface area contributed by atoms with Crippen LogP contribution in [0.5, 0.6) is 0 Å². The van der Waals surface area contributed by atoms with E-state index in [2.05, 4.69) is 20.6 Å². The molecule has 0 saturated heterocycles. The Balaban J connectivity index is 2.56. The molecule has 1 aromatic heterocycles. The lowest BCUT2D eigenvalue weighted by Crippen LogP contribution is -2.25. The Morgan fingerprint density at radius 2 is 1.88 bits per heavy atom. The van der Waals surface area contributed by atoms with E-state index in [1.165, 1.54) is 0 Å². The first kappa shape index (κ1) is 11.3. The number of hydrogen-bond acceptors (Lipinski definition) is 4. The zero-order valence-corrected chi connectivity index (χ0v) is 9.82. The molecule has 5 heteroatoms. The minimum Gasteiger partial charge on any atom is -0.371 e. The zero-order valence-electron chi connectivity index (χ0n) is 9.82. The molecule has 0 radical (unpaired) electrons. The topological polar surface area (TPSA) is 66.9 Å². The molecule has 1 heterocycles. The van der Waals surface area contributed by atoms with E-state index in [0.29, 0.717) is 23.6 Å². The molecule has 0 unspecified atom stereocenters. The quantitative estimate of drug-likeness (QED) is 0.836. The number of hydrogen-bond donors (Lipinski definition) is 2. The van der Waals surface area contributed by atoms with Crippen LogP contribution in [-0.2, 0) is 0 Å². The summed E-state index contributed by atoms with van der Waals surface area (Å²) in [6.07, 6.45) is 0. The van der Waals surface area contributed by atoms with Crippen LogP contribution in [0.4, 0.5) is 5.82 Å². The number of fused-ring (bicyclic) bond motifs is 1. The molecule has 0 saturated carbocycles. The minimum absolute atomic E-state index is 0.213. The van der Waals surface area contributed by atoms with Crippen molar-refractivity contribution in [3.63, 3.8) is 0 Å². The second-order valence-electron chi connectivity index (χ2n) is 3.52. The predicted octanol–water partition coefficient (Wildman–Crippen LogP) is 1.42. The largest absolute Gasteiger partial charge is 0.371 e. The average Bonchev–Trinajstić information content (AvgIpc) is 2.37. The number of nitrogens with zero attached hydrogens (tertiary/aromatic N) is 2. The van der Waals surface area contributed by atoms with E-state index >= 15 is 0 Å². The van der Waals surface area contributed by atoms with Gasteiger partial charge in [-0.3, -0.25) is 4.79 Å². The fraction of sp³-hybridized carbons (Fsp3) is 0.250. The highest BCUT2D eigenvalue weighted by atomic mass is 16.1. The van der Waals surface area contributed by atoms with Crippen molar-refractivity contribution >= 4 is 22.8 Å². The standard InChI is InChI=1S/C12H14N4O/c1-3-14-12(17)10-11(13-2)16-9-7-5-4-6-8(9)15-10/h4-7H,3H2,1-2H3,(H,13,16)(H,14,17). The van der Waals surface area contributed by atoms with E-state index in [-0.39, 0.29) is 5.91 Å². The number of carbonyl (C=O) groups is 1. The molecule has 0 aliphatic carbocycles. The van der Waals surface area contributed by atoms with E-state index in [0.717, 1.165) is 5.52 Å². The summed E-state index contributed by atoms with van der Waals surface area (Å²) in [5.74, 6) is 0.282. The summed E-state index contributed by atoms with van der Waals surface area (Å²) in [6.45, 7) is 2.43. The number of rotatable bonds is 3. The van der Waals surface area contributed by atoms with Crippen molar-refractivity contribution in [1.82, 2.24) is 15.3 Å². The van der Waals surface area contributed by atoms with Crippen LogP contribution in [0, 0.1) is 0 Å². The highest BCUT2D eigenvalue weighted by Gasteiger charge is 2.14. The Bertz CT molecular complexity index is 553. The molecular formula is C12H14N4O. The third-order valence-electron chi connectivity index (χ3n) is 2.36. The van der Waals surface area contributed by atoms with Gasteiger partial charge in [0.1, 0.15) is 0 Å². The molecule has 0 spiro atoms. The Hall–Kier alpha value is -2.17. The van der Waals surface area contributed by atoms with Crippen LogP contribution in [0.1, 0.15) is 17.4 Å². The summed E-state index contributed by atoms with van der Waals surface area (Å²) in [5, 5.41) is 5.61. The molecule has 88 valence electrons. The summed E-state index contributed by atoms with van der Waals surface area (Å²) in [7, 11) is 1.72. The average molecular weight is 230 g/mol. The van der Waals surface area contributed by atoms with Gasteiger partial charge in [0.25, 0.3) is 5.91 Å². The van der Waals surface area contributed by atoms with Crippen molar-refractivity contribution in [3.05, 3.63) is 30.0 Å². The number of benzene rings is 1. The van der Waals surface area contributed by atoms with Crippen molar-refractivity contribution in [3.8, 4) is 0 Å². The third kappa shape index (κ3) is 2.18. The Labute approximate surface area is 99.3 Å². The Kier molecular flexibility index (Phi) is 3.18. The predicted molar refractivity (Wildman–Crippen MR) is 67.1 cm³/mol. The lowest BCUT2D eigenvalue weighted by molar-refractivity contribution is 0.0952. The molecule has 0 fully saturated rings. The zero-order chi connectivity index (χ0) is 12.3. The molecule has 17 heavy (non-hydrogen) atoms. The van der Waals surface area contributed by atoms with E-state index in [1.54, 1.807) is 7.05 Å². The van der Waals surface area contributed by atoms with Crippen LogP contribution >= 0.6 is 0 Å². The number of nitrogens with one attached hydrogen (secondary N) is 2. The molecule has 1 aromatic carbocycles. The molecule has 2 aromatic rings. The van der Waals surface area contributed by atoms with Gasteiger partial charge in [0.05, 0.1) is 11.0 Å². The first-order valence-corrected chi connectivity index (χ1v) is 5.49. The van der Waals surface area contributed by atoms with E-state index in [9.17, 15) is 4.79 Å². The van der Waals surface area contributed by atoms with Crippen LogP contribution in [0.15, 0.2) is 24.3 Å². The number of para-hydroxylation sites is 2. The van der Waals surface area contributed by atoms with Crippen LogP contribution in [0.25, 0.3) is 11.0 Å². The molecule has 0 aliphatic heterocycles.